The number of carbonyl (C=O) groups is 2. The zero-order valence-corrected chi connectivity index (χ0v) is 17.5. The summed E-state index contributed by atoms with van der Waals surface area (Å²) in [6, 6.07) is 14.6. The van der Waals surface area contributed by atoms with E-state index in [0.717, 1.165) is 5.56 Å². The second-order valence-corrected chi connectivity index (χ2v) is 7.33. The van der Waals surface area contributed by atoms with Crippen LogP contribution >= 0.6 is 0 Å². The van der Waals surface area contributed by atoms with E-state index in [-0.39, 0.29) is 23.4 Å². The van der Waals surface area contributed by atoms with Crippen LogP contribution in [0.3, 0.4) is 0 Å². The van der Waals surface area contributed by atoms with Crippen LogP contribution < -0.4 is 4.74 Å². The van der Waals surface area contributed by atoms with Gasteiger partial charge >= 0.3 is 0 Å². The molecule has 33 heavy (non-hydrogen) atoms. The zero-order valence-electron chi connectivity index (χ0n) is 17.5. The molecule has 1 saturated heterocycles. The molecule has 1 N–H and O–H groups in total. The molecule has 1 aromatic heterocycles. The Morgan fingerprint density at radius 2 is 1.76 bits per heavy atom. The first-order valence-corrected chi connectivity index (χ1v) is 9.97. The molecule has 0 radical (unpaired) electrons. The van der Waals surface area contributed by atoms with Crippen molar-refractivity contribution in [2.45, 2.75) is 12.6 Å². The van der Waals surface area contributed by atoms with Crippen molar-refractivity contribution in [3.63, 3.8) is 0 Å². The summed E-state index contributed by atoms with van der Waals surface area (Å²) in [5, 5.41) is 22.0. The zero-order chi connectivity index (χ0) is 23.5. The molecule has 2 heterocycles. The van der Waals surface area contributed by atoms with E-state index in [1.165, 1.54) is 36.3 Å². The summed E-state index contributed by atoms with van der Waals surface area (Å²) in [5.74, 6) is -1.60. The number of nitro groups is 1. The molecule has 1 amide bonds. The number of carbonyl (C=O) groups excluding carboxylic acids is 2. The number of aliphatic hydroxyl groups is 1. The van der Waals surface area contributed by atoms with E-state index in [0.29, 0.717) is 11.3 Å². The van der Waals surface area contributed by atoms with E-state index in [2.05, 4.69) is 4.98 Å². The van der Waals surface area contributed by atoms with Crippen LogP contribution in [0.15, 0.2) is 78.6 Å². The van der Waals surface area contributed by atoms with Crippen molar-refractivity contribution in [1.82, 2.24) is 9.88 Å². The molecule has 1 fully saturated rings. The highest BCUT2D eigenvalue weighted by Gasteiger charge is 2.47. The van der Waals surface area contributed by atoms with Crippen molar-refractivity contribution in [2.24, 2.45) is 0 Å². The second-order valence-electron chi connectivity index (χ2n) is 7.33. The lowest BCUT2D eigenvalue weighted by molar-refractivity contribution is -0.384. The van der Waals surface area contributed by atoms with E-state index >= 15 is 0 Å². The van der Waals surface area contributed by atoms with Crippen LogP contribution in [0.5, 0.6) is 5.75 Å². The molecule has 9 nitrogen and oxygen atoms in total. The number of ketones is 1. The number of pyridine rings is 1. The Morgan fingerprint density at radius 1 is 1.09 bits per heavy atom. The molecular formula is C24H19N3O6. The average molecular weight is 445 g/mol. The van der Waals surface area contributed by atoms with Crippen LogP contribution in [0.25, 0.3) is 5.76 Å². The Morgan fingerprint density at radius 3 is 2.39 bits per heavy atom. The van der Waals surface area contributed by atoms with Crippen molar-refractivity contribution >= 4 is 23.1 Å². The van der Waals surface area contributed by atoms with Gasteiger partial charge in [0, 0.05) is 42.2 Å². The van der Waals surface area contributed by atoms with Crippen molar-refractivity contribution in [3.05, 3.63) is 105 Å². The Kier molecular flexibility index (Phi) is 5.86. The number of hydrogen-bond donors (Lipinski definition) is 1. The summed E-state index contributed by atoms with van der Waals surface area (Å²) < 4.78 is 5.46. The van der Waals surface area contributed by atoms with E-state index in [9.17, 15) is 24.8 Å². The second kappa shape index (κ2) is 8.91. The Hall–Kier alpha value is -4.53. The normalized spacial score (nSPS) is 17.2. The molecule has 9 heteroatoms. The molecule has 2 aromatic carbocycles. The Balaban J connectivity index is 1.88. The van der Waals surface area contributed by atoms with Crippen molar-refractivity contribution < 1.29 is 24.4 Å². The van der Waals surface area contributed by atoms with Gasteiger partial charge in [0.2, 0.25) is 0 Å². The molecule has 3 aromatic rings. The number of amides is 1. The maximum Gasteiger partial charge on any atom is 0.295 e. The number of aromatic nitrogens is 1. The van der Waals surface area contributed by atoms with Gasteiger partial charge in [0.25, 0.3) is 17.4 Å². The fourth-order valence-corrected chi connectivity index (χ4v) is 3.84. The molecule has 1 unspecified atom stereocenters. The third-order valence-electron chi connectivity index (χ3n) is 5.43. The standard InChI is InChI=1S/C24H19N3O6/c1-33-19-5-3-2-4-18(19)21-20(22(28)16-6-8-17(9-7-16)27(31)32)23(29)24(30)26(21)14-15-10-12-25-13-11-15/h2-13,21,28H,14H2,1H3/b22-20+. The van der Waals surface area contributed by atoms with Gasteiger partial charge < -0.3 is 14.7 Å². The van der Waals surface area contributed by atoms with Gasteiger partial charge in [0.05, 0.1) is 23.6 Å². The van der Waals surface area contributed by atoms with Crippen LogP contribution in [0.4, 0.5) is 5.69 Å². The SMILES string of the molecule is COc1ccccc1C1/C(=C(\O)c2ccc([N+](=O)[O-])cc2)C(=O)C(=O)N1Cc1ccncc1. The number of non-ortho nitro benzene ring substituents is 1. The molecule has 0 bridgehead atoms. The Bertz CT molecular complexity index is 1250. The molecule has 4 rings (SSSR count). The first-order valence-electron chi connectivity index (χ1n) is 9.97. The number of para-hydroxylation sites is 1. The highest BCUT2D eigenvalue weighted by atomic mass is 16.6. The number of nitrogens with zero attached hydrogens (tertiary/aromatic N) is 3. The van der Waals surface area contributed by atoms with Gasteiger partial charge in [0.15, 0.2) is 0 Å². The third-order valence-corrected chi connectivity index (χ3v) is 5.43. The smallest absolute Gasteiger partial charge is 0.295 e. The lowest BCUT2D eigenvalue weighted by Crippen LogP contribution is -2.29. The lowest BCUT2D eigenvalue weighted by Gasteiger charge is -2.26. The van der Waals surface area contributed by atoms with Crippen LogP contribution in [-0.2, 0) is 16.1 Å². The largest absolute Gasteiger partial charge is 0.507 e. The van der Waals surface area contributed by atoms with E-state index in [1.54, 1.807) is 48.8 Å². The fraction of sp³-hybridized carbons (Fsp3) is 0.125. The molecule has 0 aliphatic carbocycles. The van der Waals surface area contributed by atoms with Gasteiger partial charge in [-0.1, -0.05) is 18.2 Å². The van der Waals surface area contributed by atoms with Gasteiger partial charge in [-0.15, -0.1) is 0 Å². The molecule has 1 aliphatic rings. The number of benzene rings is 2. The number of methoxy groups -OCH3 is 1. The van der Waals surface area contributed by atoms with Gasteiger partial charge in [0.1, 0.15) is 11.5 Å². The monoisotopic (exact) mass is 445 g/mol. The van der Waals surface area contributed by atoms with Crippen LogP contribution in [-0.4, -0.2) is 38.7 Å². The van der Waals surface area contributed by atoms with Crippen LogP contribution in [0.2, 0.25) is 0 Å². The summed E-state index contributed by atoms with van der Waals surface area (Å²) >= 11 is 0. The maximum absolute atomic E-state index is 13.1. The molecule has 0 spiro atoms. The minimum atomic E-state index is -0.926. The topological polar surface area (TPSA) is 123 Å². The van der Waals surface area contributed by atoms with Gasteiger partial charge in [-0.3, -0.25) is 24.7 Å². The highest BCUT2D eigenvalue weighted by molar-refractivity contribution is 6.46. The molecule has 1 aliphatic heterocycles. The summed E-state index contributed by atoms with van der Waals surface area (Å²) in [6.07, 6.45) is 3.17. The quantitative estimate of drug-likeness (QED) is 0.202. The fourth-order valence-electron chi connectivity index (χ4n) is 3.84. The predicted octanol–water partition coefficient (Wildman–Crippen LogP) is 3.62. The third kappa shape index (κ3) is 4.03. The minimum absolute atomic E-state index is 0.104. The average Bonchev–Trinajstić information content (AvgIpc) is 3.09. The predicted molar refractivity (Wildman–Crippen MR) is 118 cm³/mol. The van der Waals surface area contributed by atoms with E-state index in [4.69, 9.17) is 4.74 Å². The summed E-state index contributed by atoms with van der Waals surface area (Å²) in [5.41, 5.74) is 1.18. The number of aliphatic hydroxyl groups excluding tert-OH is 1. The minimum Gasteiger partial charge on any atom is -0.507 e. The van der Waals surface area contributed by atoms with Crippen LogP contribution in [0.1, 0.15) is 22.7 Å². The molecule has 0 saturated carbocycles. The van der Waals surface area contributed by atoms with Crippen molar-refractivity contribution in [2.75, 3.05) is 7.11 Å². The summed E-state index contributed by atoms with van der Waals surface area (Å²) in [7, 11) is 1.48. The summed E-state index contributed by atoms with van der Waals surface area (Å²) in [4.78, 5) is 41.9. The highest BCUT2D eigenvalue weighted by Crippen LogP contribution is 2.43. The molecular weight excluding hydrogens is 426 g/mol. The lowest BCUT2D eigenvalue weighted by atomic mass is 9.94. The number of rotatable bonds is 6. The van der Waals surface area contributed by atoms with Crippen molar-refractivity contribution in [1.29, 1.82) is 0 Å². The molecule has 166 valence electrons. The van der Waals surface area contributed by atoms with Crippen molar-refractivity contribution in [3.8, 4) is 5.75 Å². The molecule has 1 atom stereocenters. The number of nitro benzene ring substituents is 1. The van der Waals surface area contributed by atoms with E-state index in [1.807, 2.05) is 0 Å². The first kappa shape index (κ1) is 21.7. The Labute approximate surface area is 188 Å². The van der Waals surface area contributed by atoms with Gasteiger partial charge in [-0.25, -0.2) is 0 Å². The summed E-state index contributed by atoms with van der Waals surface area (Å²) in [6.45, 7) is 0.104. The number of hydrogen-bond acceptors (Lipinski definition) is 7. The number of likely N-dealkylation sites (tertiary alicyclic amines) is 1. The van der Waals surface area contributed by atoms with Gasteiger partial charge in [-0.2, -0.15) is 0 Å². The van der Waals surface area contributed by atoms with Crippen LogP contribution in [0, 0.1) is 10.1 Å². The maximum atomic E-state index is 13.1. The first-order chi connectivity index (χ1) is 15.9. The van der Waals surface area contributed by atoms with Gasteiger partial charge in [-0.05, 0) is 35.9 Å². The number of Topliss-reactive ketones (excluding diaryl/α,β-unsaturated/α-hetero) is 1. The number of ether oxygens (including phenoxy) is 1. The van der Waals surface area contributed by atoms with E-state index < -0.39 is 28.4 Å².